The summed E-state index contributed by atoms with van der Waals surface area (Å²) in [5, 5.41) is 0.758. The SMILES string of the molecule is Cc1ccc(-n2c(SCC(=O)OC3CCS(=O)(=O)C3)nc3ccccc3c2=O)nc1. The Balaban J connectivity index is 1.62. The predicted octanol–water partition coefficient (Wildman–Crippen LogP) is 1.91. The third-order valence-corrected chi connectivity index (χ3v) is 7.33. The molecule has 1 aliphatic heterocycles. The van der Waals surface area contributed by atoms with E-state index in [1.165, 1.54) is 4.57 Å². The summed E-state index contributed by atoms with van der Waals surface area (Å²) in [6.07, 6.45) is 1.35. The number of nitrogens with zero attached hydrogens (tertiary/aromatic N) is 3. The monoisotopic (exact) mass is 445 g/mol. The predicted molar refractivity (Wildman–Crippen MR) is 114 cm³/mol. The van der Waals surface area contributed by atoms with Gasteiger partial charge in [0.25, 0.3) is 5.56 Å². The Labute approximate surface area is 177 Å². The molecular weight excluding hydrogens is 426 g/mol. The first-order valence-electron chi connectivity index (χ1n) is 9.30. The standard InChI is InChI=1S/C20H19N3O5S2/c1-13-6-7-17(21-10-13)23-19(25)15-4-2-3-5-16(15)22-20(23)29-11-18(24)28-14-8-9-30(26,27)12-14/h2-7,10,14H,8-9,11-12H2,1H3. The zero-order valence-corrected chi connectivity index (χ0v) is 17.8. The van der Waals surface area contributed by atoms with Gasteiger partial charge in [-0.05, 0) is 37.1 Å². The minimum atomic E-state index is -3.13. The fourth-order valence-electron chi connectivity index (χ4n) is 3.20. The topological polar surface area (TPSA) is 108 Å². The van der Waals surface area contributed by atoms with E-state index in [2.05, 4.69) is 9.97 Å². The quantitative estimate of drug-likeness (QED) is 0.333. The summed E-state index contributed by atoms with van der Waals surface area (Å²) in [6, 6.07) is 10.5. The number of aromatic nitrogens is 3. The van der Waals surface area contributed by atoms with Gasteiger partial charge in [0.15, 0.2) is 15.0 Å². The summed E-state index contributed by atoms with van der Waals surface area (Å²) in [5.74, 6) is -0.360. The van der Waals surface area contributed by atoms with Crippen molar-refractivity contribution in [3.05, 3.63) is 58.5 Å². The number of hydrogen-bond acceptors (Lipinski definition) is 8. The van der Waals surface area contributed by atoms with E-state index in [4.69, 9.17) is 4.74 Å². The molecule has 0 spiro atoms. The van der Waals surface area contributed by atoms with Gasteiger partial charge in [0.05, 0.1) is 28.2 Å². The molecule has 3 heterocycles. The molecule has 0 N–H and O–H groups in total. The molecule has 10 heteroatoms. The Bertz CT molecular complexity index is 1270. The average molecular weight is 446 g/mol. The molecule has 2 aromatic heterocycles. The van der Waals surface area contributed by atoms with Gasteiger partial charge >= 0.3 is 5.97 Å². The third-order valence-electron chi connectivity index (χ3n) is 4.68. The molecule has 8 nitrogen and oxygen atoms in total. The van der Waals surface area contributed by atoms with Crippen molar-refractivity contribution < 1.29 is 17.9 Å². The number of pyridine rings is 1. The molecule has 1 aliphatic rings. The number of benzene rings is 1. The number of para-hydroxylation sites is 1. The Morgan fingerprint density at radius 2 is 2.07 bits per heavy atom. The van der Waals surface area contributed by atoms with Crippen LogP contribution in [0.2, 0.25) is 0 Å². The number of rotatable bonds is 5. The molecule has 4 rings (SSSR count). The van der Waals surface area contributed by atoms with Crippen LogP contribution in [0.3, 0.4) is 0 Å². The maximum absolute atomic E-state index is 13.1. The number of carbonyl (C=O) groups is 1. The first-order valence-corrected chi connectivity index (χ1v) is 12.1. The lowest BCUT2D eigenvalue weighted by Gasteiger charge is -2.13. The van der Waals surface area contributed by atoms with E-state index >= 15 is 0 Å². The molecule has 1 saturated heterocycles. The number of sulfone groups is 1. The first kappa shape index (κ1) is 20.5. The van der Waals surface area contributed by atoms with Gasteiger partial charge in [-0.2, -0.15) is 0 Å². The lowest BCUT2D eigenvalue weighted by atomic mass is 10.2. The molecule has 0 saturated carbocycles. The molecular formula is C20H19N3O5S2. The van der Waals surface area contributed by atoms with Crippen LogP contribution in [0.1, 0.15) is 12.0 Å². The number of aryl methyl sites for hydroxylation is 1. The van der Waals surface area contributed by atoms with Gasteiger partial charge in [0, 0.05) is 6.20 Å². The van der Waals surface area contributed by atoms with Gasteiger partial charge < -0.3 is 4.74 Å². The summed E-state index contributed by atoms with van der Waals surface area (Å²) in [5.41, 5.74) is 1.18. The number of esters is 1. The largest absolute Gasteiger partial charge is 0.461 e. The number of hydrogen-bond donors (Lipinski definition) is 0. The highest BCUT2D eigenvalue weighted by Gasteiger charge is 2.30. The molecule has 1 atom stereocenters. The number of thioether (sulfide) groups is 1. The highest BCUT2D eigenvalue weighted by molar-refractivity contribution is 7.99. The van der Waals surface area contributed by atoms with Crippen LogP contribution in [0.25, 0.3) is 16.7 Å². The van der Waals surface area contributed by atoms with Crippen molar-refractivity contribution in [2.24, 2.45) is 0 Å². The fourth-order valence-corrected chi connectivity index (χ4v) is 5.57. The summed E-state index contributed by atoms with van der Waals surface area (Å²) in [4.78, 5) is 34.2. The number of ether oxygens (including phenoxy) is 1. The number of carbonyl (C=O) groups excluding carboxylic acids is 1. The van der Waals surface area contributed by atoms with Gasteiger partial charge in [-0.1, -0.05) is 30.0 Å². The second kappa shape index (κ2) is 8.19. The fraction of sp³-hybridized carbons (Fsp3) is 0.300. The van der Waals surface area contributed by atoms with E-state index in [1.807, 2.05) is 13.0 Å². The van der Waals surface area contributed by atoms with Crippen LogP contribution < -0.4 is 5.56 Å². The molecule has 0 radical (unpaired) electrons. The summed E-state index contributed by atoms with van der Waals surface area (Å²) in [7, 11) is -3.13. The Kier molecular flexibility index (Phi) is 5.61. The van der Waals surface area contributed by atoms with Gasteiger partial charge in [0.2, 0.25) is 0 Å². The van der Waals surface area contributed by atoms with Crippen molar-refractivity contribution in [3.8, 4) is 5.82 Å². The molecule has 1 aromatic carbocycles. The van der Waals surface area contributed by atoms with Crippen molar-refractivity contribution >= 4 is 38.5 Å². The van der Waals surface area contributed by atoms with Crippen LogP contribution in [-0.2, 0) is 19.4 Å². The van der Waals surface area contributed by atoms with Crippen molar-refractivity contribution in [2.75, 3.05) is 17.3 Å². The smallest absolute Gasteiger partial charge is 0.316 e. The Morgan fingerprint density at radius 3 is 2.77 bits per heavy atom. The zero-order chi connectivity index (χ0) is 21.3. The van der Waals surface area contributed by atoms with E-state index in [0.29, 0.717) is 28.3 Å². The molecule has 30 heavy (non-hydrogen) atoms. The van der Waals surface area contributed by atoms with E-state index in [0.717, 1.165) is 17.3 Å². The molecule has 1 unspecified atom stereocenters. The Morgan fingerprint density at radius 1 is 1.27 bits per heavy atom. The van der Waals surface area contributed by atoms with Crippen molar-refractivity contribution in [1.29, 1.82) is 0 Å². The molecule has 156 valence electrons. The molecule has 0 bridgehead atoms. The summed E-state index contributed by atoms with van der Waals surface area (Å²) < 4.78 is 29.7. The van der Waals surface area contributed by atoms with Crippen LogP contribution in [0.5, 0.6) is 0 Å². The van der Waals surface area contributed by atoms with Crippen LogP contribution >= 0.6 is 11.8 Å². The maximum Gasteiger partial charge on any atom is 0.316 e. The lowest BCUT2D eigenvalue weighted by Crippen LogP contribution is -2.24. The summed E-state index contributed by atoms with van der Waals surface area (Å²) in [6.45, 7) is 1.90. The summed E-state index contributed by atoms with van der Waals surface area (Å²) >= 11 is 1.05. The van der Waals surface area contributed by atoms with E-state index in [9.17, 15) is 18.0 Å². The van der Waals surface area contributed by atoms with Gasteiger partial charge in [-0.25, -0.2) is 23.0 Å². The minimum absolute atomic E-state index is 0.0307. The molecule has 0 aliphatic carbocycles. The van der Waals surface area contributed by atoms with Crippen molar-refractivity contribution in [2.45, 2.75) is 24.6 Å². The third kappa shape index (κ3) is 4.39. The second-order valence-electron chi connectivity index (χ2n) is 7.05. The zero-order valence-electron chi connectivity index (χ0n) is 16.1. The highest BCUT2D eigenvalue weighted by Crippen LogP contribution is 2.22. The highest BCUT2D eigenvalue weighted by atomic mass is 32.2. The van der Waals surface area contributed by atoms with Gasteiger partial charge in [-0.3, -0.25) is 9.59 Å². The lowest BCUT2D eigenvalue weighted by molar-refractivity contribution is -0.144. The van der Waals surface area contributed by atoms with E-state index < -0.39 is 21.9 Å². The molecule has 3 aromatic rings. The van der Waals surface area contributed by atoms with Crippen LogP contribution in [-0.4, -0.2) is 52.3 Å². The molecule has 0 amide bonds. The minimum Gasteiger partial charge on any atom is -0.461 e. The van der Waals surface area contributed by atoms with Gasteiger partial charge in [0.1, 0.15) is 11.9 Å². The number of fused-ring (bicyclic) bond motifs is 1. The Hall–Kier alpha value is -2.72. The van der Waals surface area contributed by atoms with E-state index in [1.54, 1.807) is 36.5 Å². The molecule has 1 fully saturated rings. The van der Waals surface area contributed by atoms with Crippen molar-refractivity contribution in [1.82, 2.24) is 14.5 Å². The first-order chi connectivity index (χ1) is 14.3. The van der Waals surface area contributed by atoms with E-state index in [-0.39, 0.29) is 22.8 Å². The van der Waals surface area contributed by atoms with Crippen molar-refractivity contribution in [3.63, 3.8) is 0 Å². The second-order valence-corrected chi connectivity index (χ2v) is 10.2. The van der Waals surface area contributed by atoms with Crippen LogP contribution in [0.15, 0.2) is 52.5 Å². The van der Waals surface area contributed by atoms with Crippen LogP contribution in [0, 0.1) is 6.92 Å². The van der Waals surface area contributed by atoms with Gasteiger partial charge in [-0.15, -0.1) is 0 Å². The maximum atomic E-state index is 13.1. The van der Waals surface area contributed by atoms with Crippen LogP contribution in [0.4, 0.5) is 0 Å². The average Bonchev–Trinajstić information content (AvgIpc) is 3.05. The normalized spacial score (nSPS) is 17.8.